The minimum absolute atomic E-state index is 0.000744. The second-order valence-corrected chi connectivity index (χ2v) is 4.12. The minimum Gasteiger partial charge on any atom is -0.378 e. The summed E-state index contributed by atoms with van der Waals surface area (Å²) in [5.74, 6) is 1.14. The zero-order valence-electron chi connectivity index (χ0n) is 9.98. The summed E-state index contributed by atoms with van der Waals surface area (Å²) < 4.78 is 12.3. The Bertz CT molecular complexity index is 490. The van der Waals surface area contributed by atoms with Gasteiger partial charge >= 0.3 is 0 Å². The molecule has 0 spiro atoms. The van der Waals surface area contributed by atoms with E-state index in [1.54, 1.807) is 11.0 Å². The van der Waals surface area contributed by atoms with Crippen molar-refractivity contribution in [2.24, 2.45) is 0 Å². The van der Waals surface area contributed by atoms with Gasteiger partial charge in [0.1, 0.15) is 18.7 Å². The van der Waals surface area contributed by atoms with Crippen molar-refractivity contribution in [2.75, 3.05) is 19.8 Å². The highest BCUT2D eigenvalue weighted by molar-refractivity contribution is 4.98. The molecule has 2 aromatic rings. The summed E-state index contributed by atoms with van der Waals surface area (Å²) >= 11 is 0. The number of nitrogens with one attached hydrogen (secondary N) is 1. The predicted octanol–water partition coefficient (Wildman–Crippen LogP) is -0.0687. The summed E-state index contributed by atoms with van der Waals surface area (Å²) in [4.78, 5) is 8.28. The Kier molecular flexibility index (Phi) is 3.03. The standard InChI is InChI=1S/C10H14N6O2/c1-7(16-6-11-5-13-16)10-14-9(15-18-10)8-4-17-3-2-12-8/h5-8,12H,2-4H2,1H3. The van der Waals surface area contributed by atoms with Crippen LogP contribution >= 0.6 is 0 Å². The number of morpholine rings is 1. The number of ether oxygens (including phenoxy) is 1. The van der Waals surface area contributed by atoms with E-state index in [4.69, 9.17) is 9.26 Å². The normalized spacial score (nSPS) is 21.9. The van der Waals surface area contributed by atoms with Gasteiger partial charge in [-0.3, -0.25) is 0 Å². The fourth-order valence-electron chi connectivity index (χ4n) is 1.82. The second kappa shape index (κ2) is 4.83. The Labute approximate surface area is 103 Å². The molecule has 3 heterocycles. The van der Waals surface area contributed by atoms with Crippen molar-refractivity contribution in [3.8, 4) is 0 Å². The van der Waals surface area contributed by atoms with Gasteiger partial charge in [0.15, 0.2) is 5.82 Å². The van der Waals surface area contributed by atoms with Gasteiger partial charge in [-0.05, 0) is 6.92 Å². The van der Waals surface area contributed by atoms with Crippen LogP contribution in [0.15, 0.2) is 17.2 Å². The Morgan fingerprint density at radius 2 is 2.50 bits per heavy atom. The van der Waals surface area contributed by atoms with Crippen molar-refractivity contribution >= 4 is 0 Å². The first kappa shape index (κ1) is 11.3. The van der Waals surface area contributed by atoms with E-state index in [1.807, 2.05) is 6.92 Å². The van der Waals surface area contributed by atoms with Crippen LogP contribution in [0.5, 0.6) is 0 Å². The zero-order valence-corrected chi connectivity index (χ0v) is 9.98. The average molecular weight is 250 g/mol. The van der Waals surface area contributed by atoms with Gasteiger partial charge in [0.25, 0.3) is 5.89 Å². The van der Waals surface area contributed by atoms with E-state index >= 15 is 0 Å². The molecule has 2 aromatic heterocycles. The molecule has 96 valence electrons. The lowest BCUT2D eigenvalue weighted by Gasteiger charge is -2.20. The van der Waals surface area contributed by atoms with E-state index in [0.29, 0.717) is 18.3 Å². The van der Waals surface area contributed by atoms with Crippen LogP contribution in [0, 0.1) is 0 Å². The maximum atomic E-state index is 5.37. The third kappa shape index (κ3) is 2.12. The lowest BCUT2D eigenvalue weighted by Crippen LogP contribution is -2.35. The average Bonchev–Trinajstić information content (AvgIpc) is 3.10. The topological polar surface area (TPSA) is 90.9 Å². The fraction of sp³-hybridized carbons (Fsp3) is 0.600. The molecule has 1 aliphatic heterocycles. The van der Waals surface area contributed by atoms with Crippen LogP contribution in [0.3, 0.4) is 0 Å². The number of aromatic nitrogens is 5. The molecular formula is C10H14N6O2. The number of hydrogen-bond acceptors (Lipinski definition) is 7. The van der Waals surface area contributed by atoms with Gasteiger partial charge in [0, 0.05) is 6.54 Å². The summed E-state index contributed by atoms with van der Waals surface area (Å²) in [7, 11) is 0. The van der Waals surface area contributed by atoms with Crippen molar-refractivity contribution < 1.29 is 9.26 Å². The molecule has 18 heavy (non-hydrogen) atoms. The van der Waals surface area contributed by atoms with Crippen LogP contribution in [-0.4, -0.2) is 44.7 Å². The van der Waals surface area contributed by atoms with Crippen LogP contribution < -0.4 is 5.32 Å². The van der Waals surface area contributed by atoms with E-state index < -0.39 is 0 Å². The predicted molar refractivity (Wildman–Crippen MR) is 59.7 cm³/mol. The number of hydrogen-bond donors (Lipinski definition) is 1. The highest BCUT2D eigenvalue weighted by Crippen LogP contribution is 2.18. The molecule has 8 heteroatoms. The monoisotopic (exact) mass is 250 g/mol. The highest BCUT2D eigenvalue weighted by Gasteiger charge is 2.23. The first-order chi connectivity index (χ1) is 8.84. The van der Waals surface area contributed by atoms with Crippen molar-refractivity contribution in [3.05, 3.63) is 24.4 Å². The van der Waals surface area contributed by atoms with E-state index in [9.17, 15) is 0 Å². The van der Waals surface area contributed by atoms with Crippen LogP contribution in [0.4, 0.5) is 0 Å². The Hall–Kier alpha value is -1.80. The van der Waals surface area contributed by atoms with Crippen LogP contribution in [-0.2, 0) is 4.74 Å². The summed E-state index contributed by atoms with van der Waals surface area (Å²) in [5, 5.41) is 11.3. The molecule has 1 fully saturated rings. The highest BCUT2D eigenvalue weighted by atomic mass is 16.5. The molecule has 1 saturated heterocycles. The largest absolute Gasteiger partial charge is 0.378 e. The third-order valence-electron chi connectivity index (χ3n) is 2.88. The maximum absolute atomic E-state index is 5.37. The molecule has 3 rings (SSSR count). The zero-order chi connectivity index (χ0) is 12.4. The number of rotatable bonds is 3. The van der Waals surface area contributed by atoms with Crippen molar-refractivity contribution in [2.45, 2.75) is 19.0 Å². The van der Waals surface area contributed by atoms with Gasteiger partial charge in [-0.25, -0.2) is 9.67 Å². The fourth-order valence-corrected chi connectivity index (χ4v) is 1.82. The maximum Gasteiger partial charge on any atom is 0.251 e. The summed E-state index contributed by atoms with van der Waals surface area (Å²) in [6.07, 6.45) is 3.10. The SMILES string of the molecule is CC(c1nc(C2COCCN2)no1)n1cncn1. The second-order valence-electron chi connectivity index (χ2n) is 4.12. The third-order valence-corrected chi connectivity index (χ3v) is 2.88. The van der Waals surface area contributed by atoms with Gasteiger partial charge in [-0.15, -0.1) is 0 Å². The van der Waals surface area contributed by atoms with Crippen molar-refractivity contribution in [1.29, 1.82) is 0 Å². The smallest absolute Gasteiger partial charge is 0.251 e. The first-order valence-corrected chi connectivity index (χ1v) is 5.83. The lowest BCUT2D eigenvalue weighted by molar-refractivity contribution is 0.0734. The molecule has 8 nitrogen and oxygen atoms in total. The molecule has 1 N–H and O–H groups in total. The Morgan fingerprint density at radius 1 is 1.56 bits per heavy atom. The van der Waals surface area contributed by atoms with E-state index in [1.165, 1.54) is 6.33 Å². The van der Waals surface area contributed by atoms with Gasteiger partial charge < -0.3 is 14.6 Å². The molecule has 0 radical (unpaired) electrons. The van der Waals surface area contributed by atoms with Crippen molar-refractivity contribution in [3.63, 3.8) is 0 Å². The van der Waals surface area contributed by atoms with Gasteiger partial charge in [-0.2, -0.15) is 10.1 Å². The van der Waals surface area contributed by atoms with E-state index in [2.05, 4.69) is 25.5 Å². The Morgan fingerprint density at radius 3 is 3.22 bits per heavy atom. The molecule has 2 unspecified atom stereocenters. The molecule has 0 aromatic carbocycles. The molecular weight excluding hydrogens is 236 g/mol. The first-order valence-electron chi connectivity index (χ1n) is 5.83. The molecule has 1 aliphatic rings. The molecule has 2 atom stereocenters. The van der Waals surface area contributed by atoms with Crippen molar-refractivity contribution in [1.82, 2.24) is 30.2 Å². The van der Waals surface area contributed by atoms with E-state index in [-0.39, 0.29) is 12.1 Å². The lowest BCUT2D eigenvalue weighted by atomic mass is 10.2. The molecule has 0 aliphatic carbocycles. The Balaban J connectivity index is 1.76. The molecule has 0 amide bonds. The number of nitrogens with zero attached hydrogens (tertiary/aromatic N) is 5. The quantitative estimate of drug-likeness (QED) is 0.815. The molecule has 0 bridgehead atoms. The summed E-state index contributed by atoms with van der Waals surface area (Å²) in [5.41, 5.74) is 0. The summed E-state index contributed by atoms with van der Waals surface area (Å²) in [6, 6.07) is -0.127. The van der Waals surface area contributed by atoms with Gasteiger partial charge in [-0.1, -0.05) is 5.16 Å². The molecule has 0 saturated carbocycles. The van der Waals surface area contributed by atoms with E-state index in [0.717, 1.165) is 13.2 Å². The minimum atomic E-state index is -0.127. The summed E-state index contributed by atoms with van der Waals surface area (Å²) in [6.45, 7) is 4.01. The van der Waals surface area contributed by atoms with Crippen LogP contribution in [0.1, 0.15) is 30.7 Å². The van der Waals surface area contributed by atoms with Gasteiger partial charge in [0.05, 0.1) is 19.3 Å². The van der Waals surface area contributed by atoms with Crippen LogP contribution in [0.2, 0.25) is 0 Å². The van der Waals surface area contributed by atoms with Crippen LogP contribution in [0.25, 0.3) is 0 Å². The van der Waals surface area contributed by atoms with Gasteiger partial charge in [0.2, 0.25) is 0 Å².